The van der Waals surface area contributed by atoms with Gasteiger partial charge in [0.1, 0.15) is 0 Å². The molecule has 0 aliphatic carbocycles. The van der Waals surface area contributed by atoms with Gasteiger partial charge in [-0.1, -0.05) is 23.4 Å². The molecule has 0 radical (unpaired) electrons. The highest BCUT2D eigenvalue weighted by Gasteiger charge is 2.24. The Morgan fingerprint density at radius 1 is 1.14 bits per heavy atom. The third kappa shape index (κ3) is 4.37. The predicted molar refractivity (Wildman–Crippen MR) is 98.1 cm³/mol. The SMILES string of the molecule is Cc1cccc(C(NC(=O)CCc2nc(-c3ncccn3)no2)C(=O)O)c1C. The third-order valence-corrected chi connectivity index (χ3v) is 4.31. The van der Waals surface area contributed by atoms with Crippen LogP contribution in [0.5, 0.6) is 0 Å². The summed E-state index contributed by atoms with van der Waals surface area (Å²) in [6, 6.07) is 5.91. The lowest BCUT2D eigenvalue weighted by Crippen LogP contribution is -2.34. The molecule has 0 fully saturated rings. The number of hydrogen-bond acceptors (Lipinski definition) is 7. The lowest BCUT2D eigenvalue weighted by molar-refractivity contribution is -0.142. The molecule has 3 aromatic rings. The van der Waals surface area contributed by atoms with E-state index in [1.165, 1.54) is 0 Å². The monoisotopic (exact) mass is 381 g/mol. The topological polar surface area (TPSA) is 131 Å². The van der Waals surface area contributed by atoms with Gasteiger partial charge in [0.05, 0.1) is 0 Å². The quantitative estimate of drug-likeness (QED) is 0.635. The number of aromatic nitrogens is 4. The average molecular weight is 381 g/mol. The van der Waals surface area contributed by atoms with Gasteiger partial charge in [-0.25, -0.2) is 14.8 Å². The van der Waals surface area contributed by atoms with Gasteiger partial charge >= 0.3 is 5.97 Å². The molecule has 2 aromatic heterocycles. The van der Waals surface area contributed by atoms with Gasteiger partial charge in [0.2, 0.25) is 23.4 Å². The van der Waals surface area contributed by atoms with Crippen molar-refractivity contribution in [3.8, 4) is 11.6 Å². The molecule has 2 N–H and O–H groups in total. The highest BCUT2D eigenvalue weighted by atomic mass is 16.5. The van der Waals surface area contributed by atoms with Crippen molar-refractivity contribution in [1.82, 2.24) is 25.4 Å². The number of hydrogen-bond donors (Lipinski definition) is 2. The van der Waals surface area contributed by atoms with E-state index in [1.54, 1.807) is 30.6 Å². The van der Waals surface area contributed by atoms with E-state index in [4.69, 9.17) is 4.52 Å². The van der Waals surface area contributed by atoms with Crippen LogP contribution < -0.4 is 5.32 Å². The van der Waals surface area contributed by atoms with Gasteiger partial charge in [-0.05, 0) is 36.6 Å². The fraction of sp³-hybridized carbons (Fsp3) is 0.263. The molecule has 1 aromatic carbocycles. The first kappa shape index (κ1) is 19.2. The summed E-state index contributed by atoms with van der Waals surface area (Å²) in [6.45, 7) is 3.72. The maximum Gasteiger partial charge on any atom is 0.330 e. The molecule has 9 nitrogen and oxygen atoms in total. The highest BCUT2D eigenvalue weighted by molar-refractivity contribution is 5.85. The first-order chi connectivity index (χ1) is 13.5. The molecule has 0 saturated carbocycles. The minimum Gasteiger partial charge on any atom is -0.479 e. The largest absolute Gasteiger partial charge is 0.479 e. The molecule has 28 heavy (non-hydrogen) atoms. The molecular weight excluding hydrogens is 362 g/mol. The fourth-order valence-electron chi connectivity index (χ4n) is 2.67. The van der Waals surface area contributed by atoms with Crippen LogP contribution in [0.15, 0.2) is 41.2 Å². The van der Waals surface area contributed by atoms with Gasteiger partial charge in [0.25, 0.3) is 0 Å². The second-order valence-electron chi connectivity index (χ2n) is 6.21. The van der Waals surface area contributed by atoms with Crippen LogP contribution in [0.2, 0.25) is 0 Å². The number of benzene rings is 1. The van der Waals surface area contributed by atoms with Crippen molar-refractivity contribution < 1.29 is 19.2 Å². The smallest absolute Gasteiger partial charge is 0.330 e. The molecule has 9 heteroatoms. The Kier molecular flexibility index (Phi) is 5.73. The van der Waals surface area contributed by atoms with Crippen LogP contribution in [0.3, 0.4) is 0 Å². The summed E-state index contributed by atoms with van der Waals surface area (Å²) in [5.41, 5.74) is 2.35. The van der Waals surface area contributed by atoms with E-state index < -0.39 is 17.9 Å². The second-order valence-corrected chi connectivity index (χ2v) is 6.21. The van der Waals surface area contributed by atoms with Crippen molar-refractivity contribution in [3.63, 3.8) is 0 Å². The van der Waals surface area contributed by atoms with E-state index in [9.17, 15) is 14.7 Å². The van der Waals surface area contributed by atoms with Crippen LogP contribution in [-0.2, 0) is 16.0 Å². The summed E-state index contributed by atoms with van der Waals surface area (Å²) >= 11 is 0. The summed E-state index contributed by atoms with van der Waals surface area (Å²) in [6.07, 6.45) is 3.30. The Labute approximate surface area is 160 Å². The number of aliphatic carboxylic acids is 1. The van der Waals surface area contributed by atoms with Gasteiger partial charge in [0.15, 0.2) is 6.04 Å². The van der Waals surface area contributed by atoms with E-state index in [0.717, 1.165) is 11.1 Å². The number of amides is 1. The summed E-state index contributed by atoms with van der Waals surface area (Å²) < 4.78 is 5.10. The lowest BCUT2D eigenvalue weighted by atomic mass is 9.97. The zero-order chi connectivity index (χ0) is 20.1. The Balaban J connectivity index is 1.64. The number of rotatable bonds is 7. The van der Waals surface area contributed by atoms with E-state index >= 15 is 0 Å². The van der Waals surface area contributed by atoms with Crippen LogP contribution in [0.1, 0.15) is 35.0 Å². The number of carboxylic acids is 1. The molecular formula is C19H19N5O4. The van der Waals surface area contributed by atoms with Crippen molar-refractivity contribution in [3.05, 3.63) is 59.2 Å². The van der Waals surface area contributed by atoms with Crippen molar-refractivity contribution in [1.29, 1.82) is 0 Å². The Bertz CT molecular complexity index is 987. The summed E-state index contributed by atoms with van der Waals surface area (Å²) in [4.78, 5) is 36.2. The second kappa shape index (κ2) is 8.38. The van der Waals surface area contributed by atoms with Gasteiger partial charge < -0.3 is 14.9 Å². The van der Waals surface area contributed by atoms with Crippen LogP contribution >= 0.6 is 0 Å². The standard InChI is InChI=1S/C19H19N5O4/c1-11-5-3-6-13(12(11)2)16(19(26)27)22-14(25)7-8-15-23-18(24-28-15)17-20-9-4-10-21-17/h3-6,9-10,16H,7-8H2,1-2H3,(H,22,25)(H,26,27). The Morgan fingerprint density at radius 3 is 2.61 bits per heavy atom. The van der Waals surface area contributed by atoms with Crippen molar-refractivity contribution >= 4 is 11.9 Å². The minimum atomic E-state index is -1.12. The number of carbonyl (C=O) groups excluding carboxylic acids is 1. The Hall–Kier alpha value is -3.62. The van der Waals surface area contributed by atoms with Crippen LogP contribution in [0.25, 0.3) is 11.6 Å². The van der Waals surface area contributed by atoms with E-state index in [2.05, 4.69) is 25.4 Å². The number of aryl methyl sites for hydroxylation is 2. The number of nitrogens with one attached hydrogen (secondary N) is 1. The lowest BCUT2D eigenvalue weighted by Gasteiger charge is -2.18. The molecule has 1 unspecified atom stereocenters. The highest BCUT2D eigenvalue weighted by Crippen LogP contribution is 2.21. The number of carbonyl (C=O) groups is 2. The fourth-order valence-corrected chi connectivity index (χ4v) is 2.67. The molecule has 1 amide bonds. The van der Waals surface area contributed by atoms with E-state index in [1.807, 2.05) is 19.9 Å². The normalized spacial score (nSPS) is 11.8. The van der Waals surface area contributed by atoms with Crippen molar-refractivity contribution in [2.24, 2.45) is 0 Å². The molecule has 3 rings (SSSR count). The van der Waals surface area contributed by atoms with Crippen LogP contribution in [0.4, 0.5) is 0 Å². The predicted octanol–water partition coefficient (Wildman–Crippen LogP) is 2.02. The summed E-state index contributed by atoms with van der Waals surface area (Å²) in [5, 5.41) is 15.9. The van der Waals surface area contributed by atoms with Gasteiger partial charge in [-0.15, -0.1) is 0 Å². The van der Waals surface area contributed by atoms with Gasteiger partial charge in [0, 0.05) is 25.2 Å². The molecule has 144 valence electrons. The maximum absolute atomic E-state index is 12.3. The molecule has 0 aliphatic rings. The maximum atomic E-state index is 12.3. The molecule has 0 aliphatic heterocycles. The zero-order valence-corrected chi connectivity index (χ0v) is 15.4. The molecule has 1 atom stereocenters. The number of carboxylic acid groups (broad SMARTS) is 1. The number of nitrogens with zero attached hydrogens (tertiary/aromatic N) is 4. The van der Waals surface area contributed by atoms with Crippen molar-refractivity contribution in [2.75, 3.05) is 0 Å². The molecule has 0 saturated heterocycles. The van der Waals surface area contributed by atoms with Gasteiger partial charge in [-0.3, -0.25) is 4.79 Å². The van der Waals surface area contributed by atoms with Crippen LogP contribution in [-0.4, -0.2) is 37.1 Å². The molecule has 2 heterocycles. The van der Waals surface area contributed by atoms with E-state index in [-0.39, 0.29) is 24.6 Å². The summed E-state index contributed by atoms with van der Waals surface area (Å²) in [7, 11) is 0. The van der Waals surface area contributed by atoms with Gasteiger partial charge in [-0.2, -0.15) is 4.98 Å². The average Bonchev–Trinajstić information content (AvgIpc) is 3.16. The zero-order valence-electron chi connectivity index (χ0n) is 15.4. The first-order valence-electron chi connectivity index (χ1n) is 8.64. The third-order valence-electron chi connectivity index (χ3n) is 4.31. The minimum absolute atomic E-state index is 0.00588. The van der Waals surface area contributed by atoms with E-state index in [0.29, 0.717) is 11.4 Å². The molecule has 0 bridgehead atoms. The first-order valence-corrected chi connectivity index (χ1v) is 8.64. The molecule has 0 spiro atoms. The Morgan fingerprint density at radius 2 is 1.89 bits per heavy atom. The van der Waals surface area contributed by atoms with Crippen molar-refractivity contribution in [2.45, 2.75) is 32.7 Å². The van der Waals surface area contributed by atoms with Crippen LogP contribution in [0, 0.1) is 13.8 Å². The summed E-state index contributed by atoms with van der Waals surface area (Å²) in [5.74, 6) is -0.749.